The zero-order chi connectivity index (χ0) is 13.8. The van der Waals surface area contributed by atoms with E-state index in [1.54, 1.807) is 0 Å². The first-order valence-corrected chi connectivity index (χ1v) is 7.04. The molecule has 0 radical (unpaired) electrons. The molecule has 2 N–H and O–H groups in total. The first kappa shape index (κ1) is 13.3. The van der Waals surface area contributed by atoms with Gasteiger partial charge >= 0.3 is 0 Å². The van der Waals surface area contributed by atoms with E-state index in [1.165, 1.54) is 0 Å². The molecule has 1 aromatic heterocycles. The number of benzene rings is 1. The molecule has 1 saturated heterocycles. The Hall–Kier alpha value is -1.69. The van der Waals surface area contributed by atoms with E-state index in [4.69, 9.17) is 0 Å². The smallest absolute Gasteiger partial charge is 0.0645 e. The van der Waals surface area contributed by atoms with Crippen LogP contribution in [-0.2, 0) is 0 Å². The Morgan fingerprint density at radius 2 is 1.95 bits per heavy atom. The third-order valence-corrected chi connectivity index (χ3v) is 3.77. The maximum Gasteiger partial charge on any atom is 0.0645 e. The predicted molar refractivity (Wildman–Crippen MR) is 77.8 cm³/mol. The SMILES string of the molecule is OCC(c1cnn(-c2ccccc2)c1)N1CCNCC1. The van der Waals surface area contributed by atoms with Crippen molar-refractivity contribution in [3.63, 3.8) is 0 Å². The summed E-state index contributed by atoms with van der Waals surface area (Å²) < 4.78 is 1.86. The Balaban J connectivity index is 1.80. The van der Waals surface area contributed by atoms with Crippen LogP contribution in [0.3, 0.4) is 0 Å². The zero-order valence-corrected chi connectivity index (χ0v) is 11.4. The van der Waals surface area contributed by atoms with E-state index in [2.05, 4.69) is 15.3 Å². The van der Waals surface area contributed by atoms with Gasteiger partial charge in [-0.25, -0.2) is 4.68 Å². The van der Waals surface area contributed by atoms with Crippen molar-refractivity contribution in [3.05, 3.63) is 48.3 Å². The number of hydrogen-bond donors (Lipinski definition) is 2. The Bertz CT molecular complexity index is 534. The summed E-state index contributed by atoms with van der Waals surface area (Å²) >= 11 is 0. The molecule has 1 aliphatic heterocycles. The minimum absolute atomic E-state index is 0.0366. The van der Waals surface area contributed by atoms with Crippen LogP contribution in [0.5, 0.6) is 0 Å². The predicted octanol–water partition coefficient (Wildman–Crippen LogP) is 0.811. The summed E-state index contributed by atoms with van der Waals surface area (Å²) in [6, 6.07) is 10.1. The maximum atomic E-state index is 9.71. The van der Waals surface area contributed by atoms with E-state index in [0.29, 0.717) is 0 Å². The normalized spacial score (nSPS) is 18.1. The molecule has 1 aliphatic rings. The molecule has 5 nitrogen and oxygen atoms in total. The van der Waals surface area contributed by atoms with Crippen LogP contribution >= 0.6 is 0 Å². The highest BCUT2D eigenvalue weighted by atomic mass is 16.3. The second-order valence-electron chi connectivity index (χ2n) is 5.04. The quantitative estimate of drug-likeness (QED) is 0.865. The van der Waals surface area contributed by atoms with Crippen LogP contribution in [0.2, 0.25) is 0 Å². The number of aromatic nitrogens is 2. The molecular weight excluding hydrogens is 252 g/mol. The molecule has 0 saturated carbocycles. The number of piperazine rings is 1. The van der Waals surface area contributed by atoms with E-state index >= 15 is 0 Å². The second kappa shape index (κ2) is 6.17. The third-order valence-electron chi connectivity index (χ3n) is 3.77. The summed E-state index contributed by atoms with van der Waals surface area (Å²) in [4.78, 5) is 2.31. The van der Waals surface area contributed by atoms with Crippen LogP contribution < -0.4 is 5.32 Å². The van der Waals surface area contributed by atoms with Crippen LogP contribution in [0.1, 0.15) is 11.6 Å². The molecule has 1 unspecified atom stereocenters. The monoisotopic (exact) mass is 272 g/mol. The number of hydrogen-bond acceptors (Lipinski definition) is 4. The van der Waals surface area contributed by atoms with Gasteiger partial charge in [-0.2, -0.15) is 5.10 Å². The lowest BCUT2D eigenvalue weighted by atomic mass is 10.1. The number of nitrogens with one attached hydrogen (secondary N) is 1. The van der Waals surface area contributed by atoms with E-state index in [-0.39, 0.29) is 12.6 Å². The first-order valence-electron chi connectivity index (χ1n) is 7.04. The lowest BCUT2D eigenvalue weighted by molar-refractivity contribution is 0.111. The highest BCUT2D eigenvalue weighted by Gasteiger charge is 2.22. The molecule has 0 amide bonds. The van der Waals surface area contributed by atoms with Gasteiger partial charge in [0.1, 0.15) is 0 Å². The summed E-state index contributed by atoms with van der Waals surface area (Å²) in [7, 11) is 0. The summed E-state index contributed by atoms with van der Waals surface area (Å²) in [5.41, 5.74) is 2.11. The van der Waals surface area contributed by atoms with Crippen LogP contribution in [0.4, 0.5) is 0 Å². The van der Waals surface area contributed by atoms with Gasteiger partial charge < -0.3 is 10.4 Å². The third kappa shape index (κ3) is 2.75. The zero-order valence-electron chi connectivity index (χ0n) is 11.4. The summed E-state index contributed by atoms with van der Waals surface area (Å²) in [5, 5.41) is 17.5. The number of aliphatic hydroxyl groups excluding tert-OH is 1. The van der Waals surface area contributed by atoms with Gasteiger partial charge in [0.25, 0.3) is 0 Å². The largest absolute Gasteiger partial charge is 0.394 e. The lowest BCUT2D eigenvalue weighted by Crippen LogP contribution is -2.46. The standard InChI is InChI=1S/C15H20N4O/c20-12-15(18-8-6-16-7-9-18)13-10-17-19(11-13)14-4-2-1-3-5-14/h1-5,10-11,15-16,20H,6-9,12H2. The van der Waals surface area contributed by atoms with Crippen molar-refractivity contribution in [2.45, 2.75) is 6.04 Å². The topological polar surface area (TPSA) is 53.3 Å². The Labute approximate surface area is 118 Å². The van der Waals surface area contributed by atoms with Gasteiger partial charge in [-0.1, -0.05) is 18.2 Å². The van der Waals surface area contributed by atoms with Crippen molar-refractivity contribution in [3.8, 4) is 5.69 Å². The van der Waals surface area contributed by atoms with E-state index in [9.17, 15) is 5.11 Å². The molecule has 1 fully saturated rings. The van der Waals surface area contributed by atoms with Crippen molar-refractivity contribution < 1.29 is 5.11 Å². The Morgan fingerprint density at radius 3 is 2.65 bits per heavy atom. The molecular formula is C15H20N4O. The van der Waals surface area contributed by atoms with Crippen LogP contribution in [-0.4, -0.2) is 52.6 Å². The molecule has 1 atom stereocenters. The fraction of sp³-hybridized carbons (Fsp3) is 0.400. The summed E-state index contributed by atoms with van der Waals surface area (Å²) in [5.74, 6) is 0. The van der Waals surface area contributed by atoms with Gasteiger partial charge in [0.2, 0.25) is 0 Å². The summed E-state index contributed by atoms with van der Waals surface area (Å²) in [6.45, 7) is 4.00. The van der Waals surface area contributed by atoms with E-state index in [0.717, 1.165) is 37.4 Å². The molecule has 0 aliphatic carbocycles. The first-order chi connectivity index (χ1) is 9.88. The minimum Gasteiger partial charge on any atom is -0.394 e. The lowest BCUT2D eigenvalue weighted by Gasteiger charge is -2.33. The maximum absolute atomic E-state index is 9.71. The Morgan fingerprint density at radius 1 is 1.20 bits per heavy atom. The fourth-order valence-corrected chi connectivity index (χ4v) is 2.66. The number of aliphatic hydroxyl groups is 1. The van der Waals surface area contributed by atoms with Gasteiger partial charge in [0.15, 0.2) is 0 Å². The van der Waals surface area contributed by atoms with Gasteiger partial charge in [0, 0.05) is 37.9 Å². The van der Waals surface area contributed by atoms with Gasteiger partial charge in [-0.15, -0.1) is 0 Å². The fourth-order valence-electron chi connectivity index (χ4n) is 2.66. The van der Waals surface area contributed by atoms with Crippen LogP contribution in [0, 0.1) is 0 Å². The Kier molecular flexibility index (Phi) is 4.11. The molecule has 3 rings (SSSR count). The summed E-state index contributed by atoms with van der Waals surface area (Å²) in [6.07, 6.45) is 3.87. The van der Waals surface area contributed by atoms with E-state index < -0.39 is 0 Å². The van der Waals surface area contributed by atoms with Crippen molar-refractivity contribution in [1.29, 1.82) is 0 Å². The van der Waals surface area contributed by atoms with Crippen molar-refractivity contribution in [2.24, 2.45) is 0 Å². The van der Waals surface area contributed by atoms with Crippen molar-refractivity contribution in [1.82, 2.24) is 20.0 Å². The molecule has 106 valence electrons. The molecule has 1 aromatic carbocycles. The van der Waals surface area contributed by atoms with Gasteiger partial charge in [-0.3, -0.25) is 4.90 Å². The molecule has 20 heavy (non-hydrogen) atoms. The number of rotatable bonds is 4. The number of nitrogens with zero attached hydrogens (tertiary/aromatic N) is 3. The van der Waals surface area contributed by atoms with Crippen LogP contribution in [0.25, 0.3) is 5.69 Å². The van der Waals surface area contributed by atoms with Gasteiger partial charge in [-0.05, 0) is 12.1 Å². The van der Waals surface area contributed by atoms with Crippen LogP contribution in [0.15, 0.2) is 42.7 Å². The second-order valence-corrected chi connectivity index (χ2v) is 5.04. The molecule has 0 bridgehead atoms. The molecule has 0 spiro atoms. The molecule has 2 aromatic rings. The van der Waals surface area contributed by atoms with Gasteiger partial charge in [0.05, 0.1) is 24.5 Å². The molecule has 2 heterocycles. The van der Waals surface area contributed by atoms with E-state index in [1.807, 2.05) is 47.4 Å². The highest BCUT2D eigenvalue weighted by Crippen LogP contribution is 2.21. The average molecular weight is 272 g/mol. The van der Waals surface area contributed by atoms with Crippen molar-refractivity contribution in [2.75, 3.05) is 32.8 Å². The minimum atomic E-state index is 0.0366. The number of para-hydroxylation sites is 1. The van der Waals surface area contributed by atoms with Crippen molar-refractivity contribution >= 4 is 0 Å². The average Bonchev–Trinajstić information content (AvgIpc) is 3.00. The molecule has 5 heteroatoms. The highest BCUT2D eigenvalue weighted by molar-refractivity contribution is 5.31.